The number of aromatic nitrogens is 3. The van der Waals surface area contributed by atoms with Gasteiger partial charge in [0.05, 0.1) is 23.7 Å². The zero-order valence-corrected chi connectivity index (χ0v) is 17.1. The summed E-state index contributed by atoms with van der Waals surface area (Å²) in [6.07, 6.45) is -3.57. The minimum Gasteiger partial charge on any atom is -0.475 e. The number of nitrogens with one attached hydrogen (secondary N) is 1. The molecule has 0 aliphatic heterocycles. The number of amides is 1. The van der Waals surface area contributed by atoms with E-state index in [4.69, 9.17) is 21.1 Å². The van der Waals surface area contributed by atoms with E-state index >= 15 is 0 Å². The van der Waals surface area contributed by atoms with Gasteiger partial charge in [-0.25, -0.2) is 9.37 Å². The van der Waals surface area contributed by atoms with E-state index in [1.165, 1.54) is 31.5 Å². The summed E-state index contributed by atoms with van der Waals surface area (Å²) in [5.41, 5.74) is 0.666. The molecule has 0 unspecified atom stereocenters. The average molecular weight is 475 g/mol. The molecule has 0 spiro atoms. The summed E-state index contributed by atoms with van der Waals surface area (Å²) in [5.74, 6) is -3.14. The van der Waals surface area contributed by atoms with Crippen LogP contribution in [-0.2, 0) is 17.5 Å². The summed E-state index contributed by atoms with van der Waals surface area (Å²) in [6.45, 7) is -0.0296. The monoisotopic (exact) mass is 474 g/mol. The van der Waals surface area contributed by atoms with Crippen molar-refractivity contribution in [2.45, 2.75) is 12.7 Å². The molecule has 13 heteroatoms. The quantitative estimate of drug-likeness (QED) is 0.390. The fourth-order valence-corrected chi connectivity index (χ4v) is 2.60. The maximum absolute atomic E-state index is 14.0. The van der Waals surface area contributed by atoms with E-state index in [0.29, 0.717) is 11.1 Å². The van der Waals surface area contributed by atoms with E-state index in [2.05, 4.69) is 25.0 Å². The highest BCUT2D eigenvalue weighted by molar-refractivity contribution is 6.30. The number of ether oxygens (including phenoxy) is 2. The summed E-state index contributed by atoms with van der Waals surface area (Å²) in [5, 5.41) is 5.07. The van der Waals surface area contributed by atoms with Crippen LogP contribution in [0.5, 0.6) is 5.88 Å². The third kappa shape index (κ3) is 5.71. The molecule has 2 heterocycles. The van der Waals surface area contributed by atoms with E-state index in [1.54, 1.807) is 0 Å². The lowest BCUT2D eigenvalue weighted by Crippen LogP contribution is -2.23. The van der Waals surface area contributed by atoms with Gasteiger partial charge in [-0.3, -0.25) is 4.79 Å². The molecule has 32 heavy (non-hydrogen) atoms. The Hall–Kier alpha value is -3.25. The van der Waals surface area contributed by atoms with Gasteiger partial charge >= 0.3 is 6.18 Å². The zero-order chi connectivity index (χ0) is 23.3. The summed E-state index contributed by atoms with van der Waals surface area (Å²) in [7, 11) is 1.49. The second-order valence-electron chi connectivity index (χ2n) is 6.24. The second-order valence-corrected chi connectivity index (χ2v) is 6.65. The largest absolute Gasteiger partial charge is 0.475 e. The van der Waals surface area contributed by atoms with Crippen molar-refractivity contribution in [2.75, 3.05) is 20.3 Å². The molecule has 0 bridgehead atoms. The molecule has 1 aromatic carbocycles. The summed E-state index contributed by atoms with van der Waals surface area (Å²) < 4.78 is 66.5. The Morgan fingerprint density at radius 2 is 2.03 bits per heavy atom. The molecule has 2 aromatic heterocycles. The van der Waals surface area contributed by atoms with E-state index in [-0.39, 0.29) is 29.7 Å². The number of halogens is 5. The molecule has 1 amide bonds. The average Bonchev–Trinajstić information content (AvgIpc) is 3.24. The highest BCUT2D eigenvalue weighted by Crippen LogP contribution is 2.31. The van der Waals surface area contributed by atoms with Gasteiger partial charge in [0.15, 0.2) is 0 Å². The molecule has 3 rings (SSSR count). The van der Waals surface area contributed by atoms with Crippen molar-refractivity contribution < 1.29 is 36.4 Å². The summed E-state index contributed by atoms with van der Waals surface area (Å²) in [4.78, 5) is 19.7. The number of pyridine rings is 1. The van der Waals surface area contributed by atoms with Crippen LogP contribution in [0.2, 0.25) is 5.02 Å². The van der Waals surface area contributed by atoms with Crippen molar-refractivity contribution in [3.8, 4) is 17.0 Å². The third-order valence-corrected chi connectivity index (χ3v) is 4.30. The van der Waals surface area contributed by atoms with Crippen LogP contribution >= 0.6 is 11.6 Å². The highest BCUT2D eigenvalue weighted by Gasteiger charge is 2.37. The molecule has 0 aliphatic rings. The second kappa shape index (κ2) is 9.92. The molecule has 0 aliphatic carbocycles. The Kier molecular flexibility index (Phi) is 7.26. The van der Waals surface area contributed by atoms with Gasteiger partial charge < -0.3 is 19.3 Å². The molecule has 0 fully saturated rings. The molecule has 170 valence electrons. The zero-order valence-electron chi connectivity index (χ0n) is 16.4. The van der Waals surface area contributed by atoms with Crippen LogP contribution in [0.25, 0.3) is 11.1 Å². The molecule has 0 radical (unpaired) electrons. The Morgan fingerprint density at radius 3 is 2.69 bits per heavy atom. The Bertz CT molecular complexity index is 1110. The van der Waals surface area contributed by atoms with Crippen LogP contribution < -0.4 is 10.1 Å². The van der Waals surface area contributed by atoms with Crippen molar-refractivity contribution in [3.05, 3.63) is 58.6 Å². The van der Waals surface area contributed by atoms with Gasteiger partial charge in [-0.1, -0.05) is 22.8 Å². The van der Waals surface area contributed by atoms with Crippen LogP contribution in [-0.4, -0.2) is 41.4 Å². The first-order valence-corrected chi connectivity index (χ1v) is 9.32. The van der Waals surface area contributed by atoms with E-state index in [0.717, 1.165) is 6.07 Å². The van der Waals surface area contributed by atoms with Crippen molar-refractivity contribution >= 4 is 17.5 Å². The minimum atomic E-state index is -4.77. The number of rotatable bonds is 8. The van der Waals surface area contributed by atoms with Crippen molar-refractivity contribution in [3.63, 3.8) is 0 Å². The Balaban J connectivity index is 1.82. The lowest BCUT2D eigenvalue weighted by Gasteiger charge is -2.12. The van der Waals surface area contributed by atoms with Gasteiger partial charge in [0, 0.05) is 18.9 Å². The predicted molar refractivity (Wildman–Crippen MR) is 102 cm³/mol. The van der Waals surface area contributed by atoms with Gasteiger partial charge in [0.25, 0.3) is 11.7 Å². The van der Waals surface area contributed by atoms with Gasteiger partial charge in [-0.15, -0.1) is 0 Å². The van der Waals surface area contributed by atoms with Gasteiger partial charge in [0.1, 0.15) is 12.4 Å². The molecule has 0 saturated carbocycles. The molecule has 1 N–H and O–H groups in total. The lowest BCUT2D eigenvalue weighted by atomic mass is 10.0. The number of nitrogens with zero attached hydrogens (tertiary/aromatic N) is 3. The molecular formula is C19H15ClF4N4O4. The number of hydrogen-bond acceptors (Lipinski definition) is 7. The molecule has 3 aromatic rings. The first-order chi connectivity index (χ1) is 15.2. The lowest BCUT2D eigenvalue weighted by molar-refractivity contribution is -0.146. The fraction of sp³-hybridized carbons (Fsp3) is 0.263. The van der Waals surface area contributed by atoms with E-state index in [1.807, 2.05) is 0 Å². The minimum absolute atomic E-state index is 0.0324. The topological polar surface area (TPSA) is 99.4 Å². The van der Waals surface area contributed by atoms with Gasteiger partial charge in [-0.2, -0.15) is 18.2 Å². The maximum Gasteiger partial charge on any atom is 0.455 e. The number of alkyl halides is 3. The summed E-state index contributed by atoms with van der Waals surface area (Å²) >= 11 is 5.73. The highest BCUT2D eigenvalue weighted by atomic mass is 35.5. The van der Waals surface area contributed by atoms with Crippen molar-refractivity contribution in [1.29, 1.82) is 0 Å². The fourth-order valence-electron chi connectivity index (χ4n) is 2.48. The Morgan fingerprint density at radius 1 is 1.25 bits per heavy atom. The van der Waals surface area contributed by atoms with Crippen LogP contribution in [0.15, 0.2) is 35.0 Å². The van der Waals surface area contributed by atoms with Crippen molar-refractivity contribution in [1.82, 2.24) is 20.4 Å². The number of hydrogen-bond donors (Lipinski definition) is 1. The van der Waals surface area contributed by atoms with Crippen LogP contribution in [0.3, 0.4) is 0 Å². The third-order valence-electron chi connectivity index (χ3n) is 3.99. The number of carbonyl (C=O) groups is 1. The van der Waals surface area contributed by atoms with E-state index in [9.17, 15) is 22.4 Å². The number of methoxy groups -OCH3 is 1. The summed E-state index contributed by atoms with van der Waals surface area (Å²) in [6, 6.07) is 5.40. The Labute approximate surface area is 183 Å². The molecule has 8 nitrogen and oxygen atoms in total. The van der Waals surface area contributed by atoms with Crippen LogP contribution in [0.4, 0.5) is 17.6 Å². The smallest absolute Gasteiger partial charge is 0.455 e. The molecule has 0 saturated heterocycles. The maximum atomic E-state index is 14.0. The SMILES string of the molecule is COCCOc1ncc(C(=O)NCc2nc(C(F)(F)F)no2)cc1-c1ccc(Cl)c(F)c1. The number of carbonyl (C=O) groups excluding carboxylic acids is 1. The van der Waals surface area contributed by atoms with Crippen LogP contribution in [0.1, 0.15) is 22.1 Å². The number of benzene rings is 1. The molecule has 0 atom stereocenters. The first kappa shape index (κ1) is 23.4. The molecular weight excluding hydrogens is 460 g/mol. The predicted octanol–water partition coefficient (Wildman–Crippen LogP) is 3.90. The standard InChI is InChI=1S/C19H15ClF4N4O4/c1-30-4-5-31-17-12(10-2-3-13(20)14(21)7-10)6-11(8-26-17)16(29)25-9-15-27-18(28-32-15)19(22,23)24/h2-3,6-8H,4-5,9H2,1H3,(H,25,29). The van der Waals surface area contributed by atoms with Crippen LogP contribution in [0, 0.1) is 5.82 Å². The van der Waals surface area contributed by atoms with Crippen molar-refractivity contribution in [2.24, 2.45) is 0 Å². The normalized spacial score (nSPS) is 11.4. The van der Waals surface area contributed by atoms with E-state index < -0.39 is 36.2 Å². The first-order valence-electron chi connectivity index (χ1n) is 8.94. The van der Waals surface area contributed by atoms with Gasteiger partial charge in [0.2, 0.25) is 11.8 Å². The van der Waals surface area contributed by atoms with Gasteiger partial charge in [-0.05, 0) is 23.8 Å².